The van der Waals surface area contributed by atoms with E-state index < -0.39 is 0 Å². The Bertz CT molecular complexity index is 582. The van der Waals surface area contributed by atoms with Gasteiger partial charge in [0, 0.05) is 20.3 Å². The second-order valence-corrected chi connectivity index (χ2v) is 7.50. The van der Waals surface area contributed by atoms with Crippen LogP contribution >= 0.6 is 38.9 Å². The third kappa shape index (κ3) is 4.56. The molecule has 2 rings (SSSR count). The van der Waals surface area contributed by atoms with Crippen LogP contribution in [0.1, 0.15) is 44.0 Å². The van der Waals surface area contributed by atoms with Gasteiger partial charge in [0.25, 0.3) is 0 Å². The fraction of sp³-hybridized carbons (Fsp3) is 0.412. The van der Waals surface area contributed by atoms with Crippen LogP contribution in [0.2, 0.25) is 5.02 Å². The minimum atomic E-state index is 0.472. The Morgan fingerprint density at radius 3 is 2.67 bits per heavy atom. The van der Waals surface area contributed by atoms with Crippen LogP contribution in [0.15, 0.2) is 34.8 Å². The molecule has 114 valence electrons. The molecule has 0 bridgehead atoms. The summed E-state index contributed by atoms with van der Waals surface area (Å²) < 4.78 is 0.943. The van der Waals surface area contributed by atoms with Crippen LogP contribution in [-0.2, 0) is 0 Å². The van der Waals surface area contributed by atoms with Gasteiger partial charge in [-0.2, -0.15) is 0 Å². The average molecular weight is 387 g/mol. The summed E-state index contributed by atoms with van der Waals surface area (Å²) in [5.41, 5.74) is 1.19. The molecule has 0 aliphatic heterocycles. The van der Waals surface area contributed by atoms with Crippen molar-refractivity contribution < 1.29 is 0 Å². The summed E-state index contributed by atoms with van der Waals surface area (Å²) in [5.74, 6) is 0. The summed E-state index contributed by atoms with van der Waals surface area (Å²) in [4.78, 5) is 2.69. The second kappa shape index (κ2) is 8.33. The standard InChI is InChI=1S/C17H21BrClNS/c1-3-5-15(20-10-4-2)17-9-8-16(21-17)12-6-7-13(18)14(19)11-12/h6-9,11,15,20H,3-5,10H2,1-2H3. The molecule has 0 amide bonds. The lowest BCUT2D eigenvalue weighted by molar-refractivity contribution is 0.501. The predicted molar refractivity (Wildman–Crippen MR) is 98.4 cm³/mol. The maximum absolute atomic E-state index is 6.20. The molecule has 0 aliphatic carbocycles. The van der Waals surface area contributed by atoms with Gasteiger partial charge >= 0.3 is 0 Å². The van der Waals surface area contributed by atoms with Gasteiger partial charge in [-0.3, -0.25) is 0 Å². The van der Waals surface area contributed by atoms with Gasteiger partial charge in [0.1, 0.15) is 0 Å². The van der Waals surface area contributed by atoms with Crippen LogP contribution in [0, 0.1) is 0 Å². The summed E-state index contributed by atoms with van der Waals surface area (Å²) in [7, 11) is 0. The van der Waals surface area contributed by atoms with Crippen molar-refractivity contribution in [2.75, 3.05) is 6.54 Å². The molecule has 0 spiro atoms. The first-order chi connectivity index (χ1) is 10.2. The van der Waals surface area contributed by atoms with E-state index >= 15 is 0 Å². The lowest BCUT2D eigenvalue weighted by atomic mass is 10.1. The van der Waals surface area contributed by atoms with Crippen LogP contribution in [0.25, 0.3) is 10.4 Å². The van der Waals surface area contributed by atoms with E-state index in [1.54, 1.807) is 0 Å². The molecule has 21 heavy (non-hydrogen) atoms. The Morgan fingerprint density at radius 1 is 1.19 bits per heavy atom. The van der Waals surface area contributed by atoms with Crippen molar-refractivity contribution in [2.45, 2.75) is 39.2 Å². The van der Waals surface area contributed by atoms with Crippen molar-refractivity contribution in [3.8, 4) is 10.4 Å². The summed E-state index contributed by atoms with van der Waals surface area (Å²) in [6, 6.07) is 11.1. The molecule has 0 fully saturated rings. The maximum Gasteiger partial charge on any atom is 0.0554 e. The number of benzene rings is 1. The molecule has 1 aromatic carbocycles. The minimum Gasteiger partial charge on any atom is -0.309 e. The highest BCUT2D eigenvalue weighted by molar-refractivity contribution is 9.10. The van der Waals surface area contributed by atoms with Gasteiger partial charge in [0.15, 0.2) is 0 Å². The van der Waals surface area contributed by atoms with Crippen LogP contribution in [0.4, 0.5) is 0 Å². The monoisotopic (exact) mass is 385 g/mol. The predicted octanol–water partition coefficient (Wildman–Crippen LogP) is 6.67. The fourth-order valence-electron chi connectivity index (χ4n) is 2.30. The molecule has 1 unspecified atom stereocenters. The minimum absolute atomic E-state index is 0.472. The first-order valence-electron chi connectivity index (χ1n) is 7.44. The van der Waals surface area contributed by atoms with Crippen molar-refractivity contribution in [3.05, 3.63) is 44.7 Å². The van der Waals surface area contributed by atoms with Crippen LogP contribution in [0.5, 0.6) is 0 Å². The maximum atomic E-state index is 6.20. The molecule has 0 saturated carbocycles. The summed E-state index contributed by atoms with van der Waals surface area (Å²) in [6.45, 7) is 5.52. The van der Waals surface area contributed by atoms with Crippen LogP contribution in [-0.4, -0.2) is 6.54 Å². The van der Waals surface area contributed by atoms with E-state index in [9.17, 15) is 0 Å². The molecule has 0 saturated heterocycles. The molecular weight excluding hydrogens is 366 g/mol. The van der Waals surface area contributed by atoms with Gasteiger partial charge in [0.05, 0.1) is 5.02 Å². The molecule has 1 nitrogen and oxygen atoms in total. The molecular formula is C17H21BrClNS. The SMILES string of the molecule is CCCNC(CCC)c1ccc(-c2ccc(Br)c(Cl)c2)s1. The van der Waals surface area contributed by atoms with Gasteiger partial charge in [-0.1, -0.05) is 37.9 Å². The van der Waals surface area contributed by atoms with E-state index in [1.807, 2.05) is 23.5 Å². The van der Waals surface area contributed by atoms with Gasteiger partial charge in [0.2, 0.25) is 0 Å². The van der Waals surface area contributed by atoms with E-state index in [0.717, 1.165) is 16.0 Å². The molecule has 1 atom stereocenters. The van der Waals surface area contributed by atoms with Crippen molar-refractivity contribution in [1.82, 2.24) is 5.32 Å². The van der Waals surface area contributed by atoms with E-state index in [2.05, 4.69) is 53.3 Å². The van der Waals surface area contributed by atoms with Crippen molar-refractivity contribution in [2.24, 2.45) is 0 Å². The highest BCUT2D eigenvalue weighted by Crippen LogP contribution is 2.35. The van der Waals surface area contributed by atoms with Gasteiger partial charge in [-0.15, -0.1) is 11.3 Å². The average Bonchev–Trinajstić information content (AvgIpc) is 2.96. The molecule has 0 radical (unpaired) electrons. The Kier molecular flexibility index (Phi) is 6.74. The lowest BCUT2D eigenvalue weighted by Gasteiger charge is -2.16. The van der Waals surface area contributed by atoms with Gasteiger partial charge in [-0.05, 0) is 65.1 Å². The smallest absolute Gasteiger partial charge is 0.0554 e. The van der Waals surface area contributed by atoms with Crippen molar-refractivity contribution in [3.63, 3.8) is 0 Å². The summed E-state index contributed by atoms with van der Waals surface area (Å²) in [5, 5.41) is 4.41. The highest BCUT2D eigenvalue weighted by atomic mass is 79.9. The topological polar surface area (TPSA) is 12.0 Å². The van der Waals surface area contributed by atoms with E-state index in [1.165, 1.54) is 34.6 Å². The Labute approximate surface area is 144 Å². The van der Waals surface area contributed by atoms with E-state index in [-0.39, 0.29) is 0 Å². The highest BCUT2D eigenvalue weighted by Gasteiger charge is 2.13. The zero-order valence-electron chi connectivity index (χ0n) is 12.5. The molecule has 1 heterocycles. The van der Waals surface area contributed by atoms with Gasteiger partial charge in [-0.25, -0.2) is 0 Å². The zero-order valence-corrected chi connectivity index (χ0v) is 15.6. The third-order valence-corrected chi connectivity index (χ3v) is 5.87. The Balaban J connectivity index is 2.20. The number of hydrogen-bond donors (Lipinski definition) is 1. The number of thiophene rings is 1. The van der Waals surface area contributed by atoms with Crippen molar-refractivity contribution in [1.29, 1.82) is 0 Å². The first kappa shape index (κ1) is 17.0. The van der Waals surface area contributed by atoms with Crippen molar-refractivity contribution >= 4 is 38.9 Å². The number of nitrogens with one attached hydrogen (secondary N) is 1. The first-order valence-corrected chi connectivity index (χ1v) is 9.43. The zero-order chi connectivity index (χ0) is 15.2. The molecule has 1 N–H and O–H groups in total. The number of halogens is 2. The molecule has 1 aromatic heterocycles. The van der Waals surface area contributed by atoms with Gasteiger partial charge < -0.3 is 5.32 Å². The fourth-order valence-corrected chi connectivity index (χ4v) is 3.84. The van der Waals surface area contributed by atoms with Crippen LogP contribution < -0.4 is 5.32 Å². The summed E-state index contributed by atoms with van der Waals surface area (Å²) >= 11 is 11.5. The van der Waals surface area contributed by atoms with Crippen LogP contribution in [0.3, 0.4) is 0 Å². The molecule has 0 aliphatic rings. The Hall–Kier alpha value is -0.350. The number of rotatable bonds is 7. The quantitative estimate of drug-likeness (QED) is 0.560. The number of hydrogen-bond acceptors (Lipinski definition) is 2. The molecule has 4 heteroatoms. The lowest BCUT2D eigenvalue weighted by Crippen LogP contribution is -2.21. The van der Waals surface area contributed by atoms with E-state index in [0.29, 0.717) is 6.04 Å². The third-order valence-electron chi connectivity index (χ3n) is 3.39. The van der Waals surface area contributed by atoms with E-state index in [4.69, 9.17) is 11.6 Å². The largest absolute Gasteiger partial charge is 0.309 e. The summed E-state index contributed by atoms with van der Waals surface area (Å²) in [6.07, 6.45) is 3.54. The normalized spacial score (nSPS) is 12.6. The second-order valence-electron chi connectivity index (χ2n) is 5.13. The Morgan fingerprint density at radius 2 is 2.00 bits per heavy atom. The molecule has 2 aromatic rings.